The van der Waals surface area contributed by atoms with Gasteiger partial charge in [0.2, 0.25) is 5.91 Å². The van der Waals surface area contributed by atoms with Crippen molar-refractivity contribution in [1.29, 1.82) is 0 Å². The molecule has 0 heterocycles. The van der Waals surface area contributed by atoms with Gasteiger partial charge in [0.1, 0.15) is 0 Å². The van der Waals surface area contributed by atoms with Crippen molar-refractivity contribution in [2.75, 3.05) is 20.1 Å². The van der Waals surface area contributed by atoms with Crippen LogP contribution in [0.2, 0.25) is 0 Å². The van der Waals surface area contributed by atoms with Crippen LogP contribution in [0.4, 0.5) is 13.2 Å². The summed E-state index contributed by atoms with van der Waals surface area (Å²) in [4.78, 5) is 10.9. The normalized spacial score (nSPS) is 11.3. The van der Waals surface area contributed by atoms with Crippen LogP contribution in [-0.4, -0.2) is 26.0 Å². The fourth-order valence-corrected chi connectivity index (χ4v) is 1.43. The molecule has 3 nitrogen and oxygen atoms in total. The number of hydrogen-bond donors (Lipinski definition) is 2. The van der Waals surface area contributed by atoms with Gasteiger partial charge in [-0.3, -0.25) is 4.79 Å². The Morgan fingerprint density at radius 1 is 1.33 bits per heavy atom. The molecule has 1 aromatic rings. The van der Waals surface area contributed by atoms with Gasteiger partial charge in [-0.05, 0) is 24.6 Å². The molecule has 1 amide bonds. The molecule has 0 saturated carbocycles. The molecule has 0 spiro atoms. The molecular weight excluding hydrogens is 245 g/mol. The Balaban J connectivity index is 2.46. The van der Waals surface area contributed by atoms with E-state index in [-0.39, 0.29) is 12.5 Å². The van der Waals surface area contributed by atoms with Crippen molar-refractivity contribution in [3.05, 3.63) is 35.4 Å². The number of hydrogen-bond acceptors (Lipinski definition) is 2. The van der Waals surface area contributed by atoms with E-state index >= 15 is 0 Å². The van der Waals surface area contributed by atoms with Crippen molar-refractivity contribution in [1.82, 2.24) is 10.6 Å². The molecule has 0 atom stereocenters. The number of carbonyl (C=O) groups excluding carboxylic acids is 1. The summed E-state index contributed by atoms with van der Waals surface area (Å²) in [5, 5.41) is 5.29. The first-order valence-electron chi connectivity index (χ1n) is 5.51. The second-order valence-electron chi connectivity index (χ2n) is 3.80. The first-order chi connectivity index (χ1) is 8.43. The minimum absolute atomic E-state index is 0.154. The number of likely N-dealkylation sites (N-methyl/N-ethyl adjacent to an activating group) is 1. The van der Waals surface area contributed by atoms with Crippen molar-refractivity contribution >= 4 is 5.91 Å². The number of nitrogens with one attached hydrogen (secondary N) is 2. The van der Waals surface area contributed by atoms with Crippen molar-refractivity contribution < 1.29 is 18.0 Å². The van der Waals surface area contributed by atoms with E-state index in [1.807, 2.05) is 0 Å². The summed E-state index contributed by atoms with van der Waals surface area (Å²) in [5.74, 6) is -0.154. The van der Waals surface area contributed by atoms with Crippen molar-refractivity contribution in [2.45, 2.75) is 12.6 Å². The SMILES string of the molecule is CNC(=O)CNCCc1cccc(C(F)(F)F)c1. The predicted octanol–water partition coefficient (Wildman–Crippen LogP) is 1.58. The molecule has 0 bridgehead atoms. The molecule has 0 unspecified atom stereocenters. The number of carbonyl (C=O) groups is 1. The van der Waals surface area contributed by atoms with E-state index in [1.165, 1.54) is 13.1 Å². The molecule has 0 saturated heterocycles. The maximum atomic E-state index is 12.4. The zero-order valence-electron chi connectivity index (χ0n) is 9.97. The van der Waals surface area contributed by atoms with Gasteiger partial charge in [0, 0.05) is 7.05 Å². The Hall–Kier alpha value is -1.56. The number of rotatable bonds is 5. The van der Waals surface area contributed by atoms with Crippen LogP contribution in [0.25, 0.3) is 0 Å². The first-order valence-corrected chi connectivity index (χ1v) is 5.51. The van der Waals surface area contributed by atoms with E-state index in [9.17, 15) is 18.0 Å². The maximum Gasteiger partial charge on any atom is 0.416 e. The van der Waals surface area contributed by atoms with E-state index in [0.717, 1.165) is 12.1 Å². The highest BCUT2D eigenvalue weighted by Gasteiger charge is 2.30. The van der Waals surface area contributed by atoms with Crippen LogP contribution in [0, 0.1) is 0 Å². The Kier molecular flexibility index (Phi) is 5.15. The Bertz CT molecular complexity index is 405. The lowest BCUT2D eigenvalue weighted by molar-refractivity contribution is -0.137. The van der Waals surface area contributed by atoms with Gasteiger partial charge in [-0.2, -0.15) is 13.2 Å². The molecule has 6 heteroatoms. The number of halogens is 3. The predicted molar refractivity (Wildman–Crippen MR) is 62.1 cm³/mol. The van der Waals surface area contributed by atoms with Crippen LogP contribution in [0.5, 0.6) is 0 Å². The van der Waals surface area contributed by atoms with Crippen molar-refractivity contribution in [3.63, 3.8) is 0 Å². The molecular formula is C12H15F3N2O. The van der Waals surface area contributed by atoms with Gasteiger partial charge in [-0.15, -0.1) is 0 Å². The van der Waals surface area contributed by atoms with Gasteiger partial charge in [0.15, 0.2) is 0 Å². The largest absolute Gasteiger partial charge is 0.416 e. The lowest BCUT2D eigenvalue weighted by Crippen LogP contribution is -2.32. The number of alkyl halides is 3. The van der Waals surface area contributed by atoms with Crippen LogP contribution in [-0.2, 0) is 17.4 Å². The first kappa shape index (κ1) is 14.5. The fourth-order valence-electron chi connectivity index (χ4n) is 1.43. The molecule has 1 aromatic carbocycles. The molecule has 18 heavy (non-hydrogen) atoms. The van der Waals surface area contributed by atoms with E-state index in [0.29, 0.717) is 18.5 Å². The Morgan fingerprint density at radius 2 is 2.06 bits per heavy atom. The van der Waals surface area contributed by atoms with Gasteiger partial charge < -0.3 is 10.6 Å². The lowest BCUT2D eigenvalue weighted by atomic mass is 10.1. The summed E-state index contributed by atoms with van der Waals surface area (Å²) in [6.45, 7) is 0.615. The van der Waals surface area contributed by atoms with Crippen molar-refractivity contribution in [3.8, 4) is 0 Å². The molecule has 0 aliphatic heterocycles. The lowest BCUT2D eigenvalue weighted by Gasteiger charge is -2.09. The molecule has 0 radical (unpaired) electrons. The van der Waals surface area contributed by atoms with Gasteiger partial charge in [0.05, 0.1) is 12.1 Å². The summed E-state index contributed by atoms with van der Waals surface area (Å²) < 4.78 is 37.3. The summed E-state index contributed by atoms with van der Waals surface area (Å²) in [7, 11) is 1.52. The third kappa shape index (κ3) is 4.75. The fraction of sp³-hybridized carbons (Fsp3) is 0.417. The highest BCUT2D eigenvalue weighted by atomic mass is 19.4. The highest BCUT2D eigenvalue weighted by Crippen LogP contribution is 2.29. The highest BCUT2D eigenvalue weighted by molar-refractivity contribution is 5.77. The van der Waals surface area contributed by atoms with Gasteiger partial charge in [0.25, 0.3) is 0 Å². The number of benzene rings is 1. The molecule has 0 aliphatic rings. The summed E-state index contributed by atoms with van der Waals surface area (Å²) in [5.41, 5.74) is -0.0551. The number of amides is 1. The molecule has 100 valence electrons. The Labute approximate surface area is 103 Å². The smallest absolute Gasteiger partial charge is 0.358 e. The van der Waals surface area contributed by atoms with Crippen LogP contribution in [0.3, 0.4) is 0 Å². The summed E-state index contributed by atoms with van der Waals surface area (Å²) >= 11 is 0. The Morgan fingerprint density at radius 3 is 2.67 bits per heavy atom. The molecule has 2 N–H and O–H groups in total. The third-order valence-electron chi connectivity index (χ3n) is 2.41. The van der Waals surface area contributed by atoms with Gasteiger partial charge >= 0.3 is 6.18 Å². The minimum Gasteiger partial charge on any atom is -0.358 e. The van der Waals surface area contributed by atoms with E-state index in [2.05, 4.69) is 10.6 Å². The average Bonchev–Trinajstić information content (AvgIpc) is 2.33. The van der Waals surface area contributed by atoms with Crippen LogP contribution in [0.15, 0.2) is 24.3 Å². The molecule has 0 fully saturated rings. The standard InChI is InChI=1S/C12H15F3N2O/c1-16-11(18)8-17-6-5-9-3-2-4-10(7-9)12(13,14)15/h2-4,7,17H,5-6,8H2,1H3,(H,16,18). The molecule has 0 aromatic heterocycles. The second kappa shape index (κ2) is 6.39. The van der Waals surface area contributed by atoms with E-state index < -0.39 is 11.7 Å². The zero-order chi connectivity index (χ0) is 13.6. The zero-order valence-corrected chi connectivity index (χ0v) is 9.97. The summed E-state index contributed by atoms with van der Waals surface area (Å²) in [6, 6.07) is 5.19. The van der Waals surface area contributed by atoms with Crippen LogP contribution >= 0.6 is 0 Å². The van der Waals surface area contributed by atoms with Gasteiger partial charge in [-0.1, -0.05) is 18.2 Å². The molecule has 0 aliphatic carbocycles. The summed E-state index contributed by atoms with van der Waals surface area (Å²) in [6.07, 6.45) is -3.87. The van der Waals surface area contributed by atoms with Crippen LogP contribution < -0.4 is 10.6 Å². The second-order valence-corrected chi connectivity index (χ2v) is 3.80. The third-order valence-corrected chi connectivity index (χ3v) is 2.41. The van der Waals surface area contributed by atoms with E-state index in [1.54, 1.807) is 6.07 Å². The monoisotopic (exact) mass is 260 g/mol. The van der Waals surface area contributed by atoms with Gasteiger partial charge in [-0.25, -0.2) is 0 Å². The molecule has 1 rings (SSSR count). The van der Waals surface area contributed by atoms with Crippen LogP contribution in [0.1, 0.15) is 11.1 Å². The average molecular weight is 260 g/mol. The maximum absolute atomic E-state index is 12.4. The quantitative estimate of drug-likeness (QED) is 0.789. The van der Waals surface area contributed by atoms with Crippen molar-refractivity contribution in [2.24, 2.45) is 0 Å². The van der Waals surface area contributed by atoms with E-state index in [4.69, 9.17) is 0 Å². The minimum atomic E-state index is -4.31. The topological polar surface area (TPSA) is 41.1 Å².